The summed E-state index contributed by atoms with van der Waals surface area (Å²) in [5, 5.41) is 0. The first-order valence-electron chi connectivity index (χ1n) is 4.78. The predicted octanol–water partition coefficient (Wildman–Crippen LogP) is 3.40. The van der Waals surface area contributed by atoms with Gasteiger partial charge >= 0.3 is 0 Å². The van der Waals surface area contributed by atoms with E-state index in [9.17, 15) is 0 Å². The quantitative estimate of drug-likeness (QED) is 0.582. The number of benzene rings is 1. The molecule has 0 amide bonds. The Labute approximate surface area is 101 Å². The maximum atomic E-state index is 4.46. The fraction of sp³-hybridized carbons (Fsp3) is 0.0833. The van der Waals surface area contributed by atoms with Crippen LogP contribution >= 0.6 is 22.6 Å². The molecule has 0 aliphatic rings. The van der Waals surface area contributed by atoms with Gasteiger partial charge in [0.05, 0.1) is 26.4 Å². The van der Waals surface area contributed by atoms with Gasteiger partial charge in [0.15, 0.2) is 0 Å². The van der Waals surface area contributed by atoms with Crippen LogP contribution in [0.4, 0.5) is 0 Å². The first-order valence-corrected chi connectivity index (χ1v) is 5.86. The molecule has 2 aromatic heterocycles. The lowest BCUT2D eigenvalue weighted by Crippen LogP contribution is -1.92. The zero-order valence-corrected chi connectivity index (χ0v) is 10.4. The minimum atomic E-state index is 1.05. The zero-order chi connectivity index (χ0) is 10.4. The molecule has 0 spiro atoms. The average Bonchev–Trinajstić information content (AvgIpc) is 2.60. The Morgan fingerprint density at radius 2 is 2.07 bits per heavy atom. The number of hydrogen-bond acceptors (Lipinski definition) is 1. The van der Waals surface area contributed by atoms with E-state index in [0.717, 1.165) is 11.0 Å². The third-order valence-corrected chi connectivity index (χ3v) is 3.41. The van der Waals surface area contributed by atoms with Crippen LogP contribution < -0.4 is 0 Å². The first kappa shape index (κ1) is 9.15. The Morgan fingerprint density at radius 1 is 1.20 bits per heavy atom. The summed E-state index contributed by atoms with van der Waals surface area (Å²) < 4.78 is 3.45. The van der Waals surface area contributed by atoms with E-state index in [4.69, 9.17) is 0 Å². The fourth-order valence-corrected chi connectivity index (χ4v) is 2.56. The summed E-state index contributed by atoms with van der Waals surface area (Å²) >= 11 is 2.35. The second kappa shape index (κ2) is 3.20. The summed E-state index contributed by atoms with van der Waals surface area (Å²) in [6.07, 6.45) is 1.92. The number of nitrogens with zero attached hydrogens (tertiary/aromatic N) is 2. The van der Waals surface area contributed by atoms with Gasteiger partial charge in [-0.25, -0.2) is 0 Å². The van der Waals surface area contributed by atoms with Crippen molar-refractivity contribution in [3.05, 3.63) is 45.8 Å². The summed E-state index contributed by atoms with van der Waals surface area (Å²) in [5.41, 5.74) is 4.62. The Balaban J connectivity index is 2.58. The van der Waals surface area contributed by atoms with E-state index in [-0.39, 0.29) is 0 Å². The smallest absolute Gasteiger partial charge is 0.0873 e. The summed E-state index contributed by atoms with van der Waals surface area (Å²) in [5.74, 6) is 0. The second-order valence-electron chi connectivity index (χ2n) is 3.67. The van der Waals surface area contributed by atoms with E-state index in [1.807, 2.05) is 6.20 Å². The summed E-state index contributed by atoms with van der Waals surface area (Å²) in [7, 11) is 0. The summed E-state index contributed by atoms with van der Waals surface area (Å²) in [4.78, 5) is 4.46. The normalized spacial score (nSPS) is 11.3. The van der Waals surface area contributed by atoms with E-state index in [1.54, 1.807) is 0 Å². The minimum Gasteiger partial charge on any atom is -0.301 e. The van der Waals surface area contributed by atoms with Gasteiger partial charge in [0, 0.05) is 0 Å². The minimum absolute atomic E-state index is 1.05. The molecule has 3 aromatic rings. The molecule has 0 bridgehead atoms. The molecule has 74 valence electrons. The molecule has 3 rings (SSSR count). The molecule has 0 aliphatic heterocycles. The first-order chi connectivity index (χ1) is 7.25. The highest BCUT2D eigenvalue weighted by Gasteiger charge is 2.03. The van der Waals surface area contributed by atoms with E-state index in [2.05, 4.69) is 69.2 Å². The Bertz CT molecular complexity index is 655. The van der Waals surface area contributed by atoms with Crippen molar-refractivity contribution in [3.8, 4) is 0 Å². The van der Waals surface area contributed by atoms with Crippen molar-refractivity contribution in [1.82, 2.24) is 9.38 Å². The Morgan fingerprint density at radius 3 is 2.93 bits per heavy atom. The third-order valence-electron chi connectivity index (χ3n) is 2.57. The van der Waals surface area contributed by atoms with E-state index >= 15 is 0 Å². The monoisotopic (exact) mass is 308 g/mol. The molecule has 0 N–H and O–H groups in total. The van der Waals surface area contributed by atoms with E-state index in [0.29, 0.717) is 0 Å². The van der Waals surface area contributed by atoms with E-state index in [1.165, 1.54) is 14.8 Å². The molecule has 0 fully saturated rings. The van der Waals surface area contributed by atoms with Gasteiger partial charge in [-0.1, -0.05) is 6.07 Å². The Kier molecular flexibility index (Phi) is 1.95. The van der Waals surface area contributed by atoms with Gasteiger partial charge in [0.2, 0.25) is 0 Å². The van der Waals surface area contributed by atoms with Gasteiger partial charge in [0.25, 0.3) is 0 Å². The number of fused-ring (bicyclic) bond motifs is 3. The maximum absolute atomic E-state index is 4.46. The molecule has 0 saturated carbocycles. The van der Waals surface area contributed by atoms with Crippen LogP contribution in [0.1, 0.15) is 5.56 Å². The van der Waals surface area contributed by atoms with Crippen molar-refractivity contribution in [1.29, 1.82) is 0 Å². The van der Waals surface area contributed by atoms with Crippen LogP contribution in [-0.2, 0) is 0 Å². The molecular weight excluding hydrogens is 299 g/mol. The third kappa shape index (κ3) is 1.33. The summed E-state index contributed by atoms with van der Waals surface area (Å²) in [6, 6.07) is 10.6. The van der Waals surface area contributed by atoms with Crippen LogP contribution in [0.5, 0.6) is 0 Å². The van der Waals surface area contributed by atoms with Gasteiger partial charge in [-0.3, -0.25) is 4.98 Å². The highest BCUT2D eigenvalue weighted by atomic mass is 127. The van der Waals surface area contributed by atoms with Crippen molar-refractivity contribution >= 4 is 39.1 Å². The van der Waals surface area contributed by atoms with Gasteiger partial charge in [0.1, 0.15) is 0 Å². The summed E-state index contributed by atoms with van der Waals surface area (Å²) in [6.45, 7) is 2.09. The van der Waals surface area contributed by atoms with Gasteiger partial charge in [-0.05, 0) is 59.3 Å². The molecule has 2 nitrogen and oxygen atoms in total. The van der Waals surface area contributed by atoms with Crippen LogP contribution in [0, 0.1) is 10.6 Å². The number of hydrogen-bond donors (Lipinski definition) is 0. The standard InChI is InChI=1S/C12H9IN2/c1-8-2-4-11-10(6-8)14-7-9-3-5-12(13)15(9)11/h2-7H,1H3. The van der Waals surface area contributed by atoms with Gasteiger partial charge in [-0.2, -0.15) is 0 Å². The van der Waals surface area contributed by atoms with Crippen molar-refractivity contribution in [2.75, 3.05) is 0 Å². The average molecular weight is 308 g/mol. The maximum Gasteiger partial charge on any atom is 0.0873 e. The van der Waals surface area contributed by atoms with Crippen LogP contribution in [0.2, 0.25) is 0 Å². The predicted molar refractivity (Wildman–Crippen MR) is 70.2 cm³/mol. The number of aromatic nitrogens is 2. The second-order valence-corrected chi connectivity index (χ2v) is 4.77. The number of rotatable bonds is 0. The molecule has 2 heterocycles. The molecule has 0 unspecified atom stereocenters. The van der Waals surface area contributed by atoms with Gasteiger partial charge in [-0.15, -0.1) is 0 Å². The molecule has 0 saturated heterocycles. The molecule has 15 heavy (non-hydrogen) atoms. The Hall–Kier alpha value is -1.10. The van der Waals surface area contributed by atoms with E-state index < -0.39 is 0 Å². The number of halogens is 1. The zero-order valence-electron chi connectivity index (χ0n) is 8.24. The lowest BCUT2D eigenvalue weighted by Gasteiger charge is -2.04. The van der Waals surface area contributed by atoms with Crippen molar-refractivity contribution in [2.24, 2.45) is 0 Å². The molecular formula is C12H9IN2. The highest BCUT2D eigenvalue weighted by Crippen LogP contribution is 2.20. The lowest BCUT2D eigenvalue weighted by atomic mass is 10.2. The lowest BCUT2D eigenvalue weighted by molar-refractivity contribution is 1.19. The fourth-order valence-electron chi connectivity index (χ4n) is 1.84. The largest absolute Gasteiger partial charge is 0.301 e. The van der Waals surface area contributed by atoms with Crippen molar-refractivity contribution in [2.45, 2.75) is 6.92 Å². The van der Waals surface area contributed by atoms with Gasteiger partial charge < -0.3 is 4.40 Å². The molecule has 0 aliphatic carbocycles. The van der Waals surface area contributed by atoms with Crippen LogP contribution in [0.3, 0.4) is 0 Å². The van der Waals surface area contributed by atoms with Crippen LogP contribution in [0.25, 0.3) is 16.6 Å². The molecule has 1 aromatic carbocycles. The molecule has 0 radical (unpaired) electrons. The van der Waals surface area contributed by atoms with Crippen LogP contribution in [-0.4, -0.2) is 9.38 Å². The van der Waals surface area contributed by atoms with Crippen molar-refractivity contribution in [3.63, 3.8) is 0 Å². The van der Waals surface area contributed by atoms with Crippen LogP contribution in [0.15, 0.2) is 36.5 Å². The topological polar surface area (TPSA) is 17.3 Å². The molecule has 3 heteroatoms. The number of aryl methyl sites for hydroxylation is 1. The molecule has 0 atom stereocenters. The SMILES string of the molecule is Cc1ccc2c(c1)ncc1ccc(I)n12. The van der Waals surface area contributed by atoms with Crippen molar-refractivity contribution < 1.29 is 0 Å². The highest BCUT2D eigenvalue weighted by molar-refractivity contribution is 14.1.